The third kappa shape index (κ3) is 4.23. The van der Waals surface area contributed by atoms with Crippen LogP contribution in [0.5, 0.6) is 0 Å². The molecule has 1 heterocycles. The number of rotatable bonds is 7. The molecule has 1 aliphatic heterocycles. The number of hydrogen-bond donors (Lipinski definition) is 2. The molecule has 3 nitrogen and oxygen atoms in total. The Morgan fingerprint density at radius 2 is 2.06 bits per heavy atom. The Bertz CT molecular complexity index is 197. The zero-order chi connectivity index (χ0) is 12.7. The van der Waals surface area contributed by atoms with Gasteiger partial charge in [-0.2, -0.15) is 0 Å². The minimum absolute atomic E-state index is 0.127. The molecule has 0 spiro atoms. The third-order valence-corrected chi connectivity index (χ3v) is 4.02. The molecule has 3 atom stereocenters. The van der Waals surface area contributed by atoms with Crippen molar-refractivity contribution in [1.29, 1.82) is 0 Å². The maximum atomic E-state index is 9.64. The summed E-state index contributed by atoms with van der Waals surface area (Å²) in [5.74, 6) is 0. The van der Waals surface area contributed by atoms with Crippen LogP contribution in [0.15, 0.2) is 0 Å². The Balaban J connectivity index is 2.62. The molecule has 0 aliphatic carbocycles. The molecule has 1 aliphatic rings. The van der Waals surface area contributed by atoms with Gasteiger partial charge in [-0.3, -0.25) is 4.90 Å². The van der Waals surface area contributed by atoms with Crippen LogP contribution in [0.1, 0.15) is 58.8 Å². The lowest BCUT2D eigenvalue weighted by Gasteiger charge is -2.43. The van der Waals surface area contributed by atoms with Crippen molar-refractivity contribution in [2.45, 2.75) is 76.9 Å². The Hall–Kier alpha value is -0.120. The van der Waals surface area contributed by atoms with Gasteiger partial charge in [-0.25, -0.2) is 0 Å². The van der Waals surface area contributed by atoms with E-state index in [0.29, 0.717) is 6.04 Å². The van der Waals surface area contributed by atoms with E-state index in [1.165, 1.54) is 32.1 Å². The van der Waals surface area contributed by atoms with Gasteiger partial charge in [-0.15, -0.1) is 0 Å². The average Bonchev–Trinajstić information content (AvgIpc) is 2.33. The molecule has 0 bridgehead atoms. The summed E-state index contributed by atoms with van der Waals surface area (Å²) in [6.07, 6.45) is 8.46. The second-order valence-electron chi connectivity index (χ2n) is 5.38. The van der Waals surface area contributed by atoms with Crippen molar-refractivity contribution < 1.29 is 5.11 Å². The molecule has 3 N–H and O–H groups in total. The highest BCUT2D eigenvalue weighted by atomic mass is 16.3. The van der Waals surface area contributed by atoms with Gasteiger partial charge in [0.2, 0.25) is 0 Å². The van der Waals surface area contributed by atoms with E-state index in [0.717, 1.165) is 19.4 Å². The van der Waals surface area contributed by atoms with Gasteiger partial charge in [0.05, 0.1) is 6.61 Å². The van der Waals surface area contributed by atoms with Gasteiger partial charge >= 0.3 is 0 Å². The van der Waals surface area contributed by atoms with Gasteiger partial charge in [-0.1, -0.05) is 33.1 Å². The van der Waals surface area contributed by atoms with E-state index in [9.17, 15) is 5.11 Å². The highest BCUT2D eigenvalue weighted by Crippen LogP contribution is 2.24. The first-order valence-electron chi connectivity index (χ1n) is 7.36. The number of nitrogens with zero attached hydrogens (tertiary/aromatic N) is 1. The van der Waals surface area contributed by atoms with Crippen LogP contribution < -0.4 is 5.73 Å². The number of aliphatic hydroxyl groups is 1. The van der Waals surface area contributed by atoms with Gasteiger partial charge < -0.3 is 10.8 Å². The summed E-state index contributed by atoms with van der Waals surface area (Å²) >= 11 is 0. The van der Waals surface area contributed by atoms with Crippen molar-refractivity contribution in [1.82, 2.24) is 4.90 Å². The standard InChI is InChI=1S/C14H30N2O/c1-3-7-12-9-5-6-10-16(12)14(11-17)13(15)8-4-2/h12-14,17H,3-11,15H2,1-2H3. The first-order chi connectivity index (χ1) is 8.24. The molecule has 17 heavy (non-hydrogen) atoms. The smallest absolute Gasteiger partial charge is 0.0602 e. The van der Waals surface area contributed by atoms with Gasteiger partial charge in [-0.05, 0) is 32.2 Å². The fourth-order valence-electron chi connectivity index (χ4n) is 3.11. The van der Waals surface area contributed by atoms with E-state index in [1.54, 1.807) is 0 Å². The largest absolute Gasteiger partial charge is 0.395 e. The van der Waals surface area contributed by atoms with Crippen molar-refractivity contribution in [3.63, 3.8) is 0 Å². The molecule has 3 heteroatoms. The molecule has 0 amide bonds. The molecular weight excluding hydrogens is 212 g/mol. The molecular formula is C14H30N2O. The van der Waals surface area contributed by atoms with Gasteiger partial charge in [0, 0.05) is 18.1 Å². The Morgan fingerprint density at radius 3 is 2.65 bits per heavy atom. The minimum Gasteiger partial charge on any atom is -0.395 e. The van der Waals surface area contributed by atoms with Crippen LogP contribution in [-0.4, -0.2) is 41.3 Å². The van der Waals surface area contributed by atoms with Crippen molar-refractivity contribution in [3.05, 3.63) is 0 Å². The number of aliphatic hydroxyl groups excluding tert-OH is 1. The van der Waals surface area contributed by atoms with Crippen LogP contribution in [0, 0.1) is 0 Å². The lowest BCUT2D eigenvalue weighted by molar-refractivity contribution is 0.0379. The summed E-state index contributed by atoms with van der Waals surface area (Å²) in [5, 5.41) is 9.64. The average molecular weight is 242 g/mol. The SMILES string of the molecule is CCCC(N)C(CO)N1CCCCC1CCC. The van der Waals surface area contributed by atoms with Crippen molar-refractivity contribution >= 4 is 0 Å². The molecule has 0 aromatic rings. The second kappa shape index (κ2) is 8.06. The molecule has 0 aromatic carbocycles. The van der Waals surface area contributed by atoms with E-state index >= 15 is 0 Å². The fraction of sp³-hybridized carbons (Fsp3) is 1.00. The van der Waals surface area contributed by atoms with Crippen LogP contribution in [-0.2, 0) is 0 Å². The Labute approximate surface area is 106 Å². The predicted octanol–water partition coefficient (Wildman–Crippen LogP) is 2.13. The first kappa shape index (κ1) is 14.9. The Kier molecular flexibility index (Phi) is 7.09. The summed E-state index contributed by atoms with van der Waals surface area (Å²) in [4.78, 5) is 2.49. The molecule has 3 unspecified atom stereocenters. The summed E-state index contributed by atoms with van der Waals surface area (Å²) in [7, 11) is 0. The van der Waals surface area contributed by atoms with E-state index in [4.69, 9.17) is 5.73 Å². The highest BCUT2D eigenvalue weighted by Gasteiger charge is 2.30. The highest BCUT2D eigenvalue weighted by molar-refractivity contribution is 4.88. The van der Waals surface area contributed by atoms with Crippen LogP contribution in [0.25, 0.3) is 0 Å². The normalized spacial score (nSPS) is 25.8. The summed E-state index contributed by atoms with van der Waals surface area (Å²) < 4.78 is 0. The Morgan fingerprint density at radius 1 is 1.29 bits per heavy atom. The van der Waals surface area contributed by atoms with E-state index in [2.05, 4.69) is 18.7 Å². The summed E-state index contributed by atoms with van der Waals surface area (Å²) in [6.45, 7) is 5.73. The van der Waals surface area contributed by atoms with Crippen LogP contribution in [0.2, 0.25) is 0 Å². The van der Waals surface area contributed by atoms with Crippen molar-refractivity contribution in [2.75, 3.05) is 13.2 Å². The van der Waals surface area contributed by atoms with Gasteiger partial charge in [0.25, 0.3) is 0 Å². The molecule has 1 saturated heterocycles. The van der Waals surface area contributed by atoms with Gasteiger partial charge in [0.15, 0.2) is 0 Å². The number of hydrogen-bond acceptors (Lipinski definition) is 3. The van der Waals surface area contributed by atoms with Crippen molar-refractivity contribution in [3.8, 4) is 0 Å². The van der Waals surface area contributed by atoms with Gasteiger partial charge in [0.1, 0.15) is 0 Å². The first-order valence-corrected chi connectivity index (χ1v) is 7.36. The number of piperidine rings is 1. The molecule has 1 rings (SSSR count). The quantitative estimate of drug-likeness (QED) is 0.719. The second-order valence-corrected chi connectivity index (χ2v) is 5.38. The van der Waals surface area contributed by atoms with E-state index in [-0.39, 0.29) is 18.7 Å². The zero-order valence-corrected chi connectivity index (χ0v) is 11.6. The van der Waals surface area contributed by atoms with Crippen LogP contribution in [0.4, 0.5) is 0 Å². The summed E-state index contributed by atoms with van der Waals surface area (Å²) in [6, 6.07) is 0.947. The lowest BCUT2D eigenvalue weighted by atomic mass is 9.93. The molecule has 0 radical (unpaired) electrons. The lowest BCUT2D eigenvalue weighted by Crippen LogP contribution is -2.55. The maximum Gasteiger partial charge on any atom is 0.0602 e. The van der Waals surface area contributed by atoms with Crippen molar-refractivity contribution in [2.24, 2.45) is 5.73 Å². The molecule has 102 valence electrons. The molecule has 1 fully saturated rings. The van der Waals surface area contributed by atoms with E-state index in [1.807, 2.05) is 0 Å². The maximum absolute atomic E-state index is 9.64. The minimum atomic E-state index is 0.127. The monoisotopic (exact) mass is 242 g/mol. The molecule has 0 saturated carbocycles. The van der Waals surface area contributed by atoms with Crippen LogP contribution in [0.3, 0.4) is 0 Å². The number of nitrogens with two attached hydrogens (primary N) is 1. The predicted molar refractivity (Wildman–Crippen MR) is 73.0 cm³/mol. The van der Waals surface area contributed by atoms with E-state index < -0.39 is 0 Å². The zero-order valence-electron chi connectivity index (χ0n) is 11.6. The van der Waals surface area contributed by atoms with Crippen LogP contribution >= 0.6 is 0 Å². The third-order valence-electron chi connectivity index (χ3n) is 4.02. The summed E-state index contributed by atoms with van der Waals surface area (Å²) in [5.41, 5.74) is 6.23. The number of likely N-dealkylation sites (tertiary alicyclic amines) is 1. The fourth-order valence-corrected chi connectivity index (χ4v) is 3.11. The molecule has 0 aromatic heterocycles. The topological polar surface area (TPSA) is 49.5 Å².